The van der Waals surface area contributed by atoms with Crippen LogP contribution < -0.4 is 0 Å². The lowest BCUT2D eigenvalue weighted by Crippen LogP contribution is -2.06. The van der Waals surface area contributed by atoms with Crippen molar-refractivity contribution in [3.63, 3.8) is 0 Å². The predicted molar refractivity (Wildman–Crippen MR) is 61.2 cm³/mol. The summed E-state index contributed by atoms with van der Waals surface area (Å²) < 4.78 is 0. The third-order valence-electron chi connectivity index (χ3n) is 2.26. The second kappa shape index (κ2) is 4.66. The van der Waals surface area contributed by atoms with E-state index in [1.165, 1.54) is 0 Å². The highest BCUT2D eigenvalue weighted by molar-refractivity contribution is 5.95. The average Bonchev–Trinajstić information content (AvgIpc) is 2.30. The van der Waals surface area contributed by atoms with Gasteiger partial charge < -0.3 is 0 Å². The lowest BCUT2D eigenvalue weighted by molar-refractivity contribution is 0.0988. The van der Waals surface area contributed by atoms with E-state index in [4.69, 9.17) is 0 Å². The van der Waals surface area contributed by atoms with Crippen LogP contribution in [0.5, 0.6) is 0 Å². The van der Waals surface area contributed by atoms with Crippen LogP contribution in [0.2, 0.25) is 0 Å². The first-order valence-electron chi connectivity index (χ1n) is 5.11. The molecule has 2 heterocycles. The number of carbonyl (C=O) groups is 1. The van der Waals surface area contributed by atoms with Crippen molar-refractivity contribution in [2.75, 3.05) is 0 Å². The Bertz CT molecular complexity index is 494. The highest BCUT2D eigenvalue weighted by atomic mass is 16.1. The Balaban J connectivity index is 2.15. The Morgan fingerprint density at radius 3 is 2.81 bits per heavy atom. The van der Waals surface area contributed by atoms with E-state index in [-0.39, 0.29) is 5.78 Å². The molecular formula is C13H12N2O. The normalized spacial score (nSPS) is 10.1. The fourth-order valence-electron chi connectivity index (χ4n) is 1.48. The molecule has 16 heavy (non-hydrogen) atoms. The van der Waals surface area contributed by atoms with Crippen LogP contribution in [0.1, 0.15) is 21.7 Å². The molecule has 0 aliphatic heterocycles. The standard InChI is InChI=1S/C13H12N2O/c1-10-4-2-6-12(15-10)13(16)8-11-5-3-7-14-9-11/h2-7,9H,8H2,1H3. The van der Waals surface area contributed by atoms with Gasteiger partial charge in [0, 0.05) is 24.5 Å². The summed E-state index contributed by atoms with van der Waals surface area (Å²) in [5.41, 5.74) is 2.29. The number of rotatable bonds is 3. The fourth-order valence-corrected chi connectivity index (χ4v) is 1.48. The third kappa shape index (κ3) is 2.51. The Morgan fingerprint density at radius 1 is 1.25 bits per heavy atom. The summed E-state index contributed by atoms with van der Waals surface area (Å²) in [6.07, 6.45) is 3.75. The van der Waals surface area contributed by atoms with Gasteiger partial charge in [-0.2, -0.15) is 0 Å². The molecule has 0 aliphatic carbocycles. The van der Waals surface area contributed by atoms with Gasteiger partial charge in [-0.15, -0.1) is 0 Å². The van der Waals surface area contributed by atoms with Gasteiger partial charge in [-0.1, -0.05) is 12.1 Å². The van der Waals surface area contributed by atoms with E-state index < -0.39 is 0 Å². The number of hydrogen-bond acceptors (Lipinski definition) is 3. The van der Waals surface area contributed by atoms with Crippen molar-refractivity contribution in [2.45, 2.75) is 13.3 Å². The molecule has 0 amide bonds. The summed E-state index contributed by atoms with van der Waals surface area (Å²) in [7, 11) is 0. The minimum atomic E-state index is 0.0247. The van der Waals surface area contributed by atoms with E-state index in [1.54, 1.807) is 18.5 Å². The van der Waals surface area contributed by atoms with Gasteiger partial charge in [0.05, 0.1) is 0 Å². The molecule has 0 fully saturated rings. The fraction of sp³-hybridized carbons (Fsp3) is 0.154. The molecule has 0 unspecified atom stereocenters. The van der Waals surface area contributed by atoms with Crippen molar-refractivity contribution in [3.8, 4) is 0 Å². The summed E-state index contributed by atoms with van der Waals surface area (Å²) in [5, 5.41) is 0. The lowest BCUT2D eigenvalue weighted by Gasteiger charge is -2.01. The van der Waals surface area contributed by atoms with Crippen LogP contribution in [-0.2, 0) is 6.42 Å². The van der Waals surface area contributed by atoms with Crippen LogP contribution in [0.15, 0.2) is 42.7 Å². The molecule has 0 atom stereocenters. The lowest BCUT2D eigenvalue weighted by atomic mass is 10.1. The first kappa shape index (κ1) is 10.5. The zero-order chi connectivity index (χ0) is 11.4. The van der Waals surface area contributed by atoms with Crippen molar-refractivity contribution in [1.82, 2.24) is 9.97 Å². The summed E-state index contributed by atoms with van der Waals surface area (Å²) in [6, 6.07) is 9.18. The average molecular weight is 212 g/mol. The topological polar surface area (TPSA) is 42.9 Å². The van der Waals surface area contributed by atoms with Crippen molar-refractivity contribution < 1.29 is 4.79 Å². The number of hydrogen-bond donors (Lipinski definition) is 0. The van der Waals surface area contributed by atoms with Gasteiger partial charge in [-0.3, -0.25) is 14.8 Å². The molecule has 0 saturated carbocycles. The number of aromatic nitrogens is 2. The quantitative estimate of drug-likeness (QED) is 0.732. The summed E-state index contributed by atoms with van der Waals surface area (Å²) in [5.74, 6) is 0.0247. The van der Waals surface area contributed by atoms with Crippen molar-refractivity contribution in [1.29, 1.82) is 0 Å². The van der Waals surface area contributed by atoms with Crippen molar-refractivity contribution in [3.05, 3.63) is 59.7 Å². The van der Waals surface area contributed by atoms with E-state index in [2.05, 4.69) is 9.97 Å². The number of nitrogens with zero attached hydrogens (tertiary/aromatic N) is 2. The Morgan fingerprint density at radius 2 is 2.12 bits per heavy atom. The predicted octanol–water partition coefficient (Wildman–Crippen LogP) is 2.21. The molecular weight excluding hydrogens is 200 g/mol. The van der Waals surface area contributed by atoms with E-state index in [1.807, 2.05) is 31.2 Å². The molecule has 3 heteroatoms. The Hall–Kier alpha value is -2.03. The Labute approximate surface area is 94.2 Å². The van der Waals surface area contributed by atoms with Crippen LogP contribution in [0, 0.1) is 6.92 Å². The Kier molecular flexibility index (Phi) is 3.05. The molecule has 0 spiro atoms. The maximum absolute atomic E-state index is 11.9. The van der Waals surface area contributed by atoms with Crippen LogP contribution in [-0.4, -0.2) is 15.8 Å². The number of ketones is 1. The first-order chi connectivity index (χ1) is 7.75. The zero-order valence-electron chi connectivity index (χ0n) is 9.05. The van der Waals surface area contributed by atoms with Gasteiger partial charge in [0.25, 0.3) is 0 Å². The minimum absolute atomic E-state index is 0.0247. The second-order valence-corrected chi connectivity index (χ2v) is 3.63. The minimum Gasteiger partial charge on any atom is -0.292 e. The summed E-state index contributed by atoms with van der Waals surface area (Å²) >= 11 is 0. The van der Waals surface area contributed by atoms with E-state index in [0.29, 0.717) is 12.1 Å². The summed E-state index contributed by atoms with van der Waals surface area (Å²) in [4.78, 5) is 20.1. The van der Waals surface area contributed by atoms with E-state index in [0.717, 1.165) is 11.3 Å². The maximum Gasteiger partial charge on any atom is 0.185 e. The van der Waals surface area contributed by atoms with Gasteiger partial charge in [-0.05, 0) is 30.7 Å². The van der Waals surface area contributed by atoms with E-state index in [9.17, 15) is 4.79 Å². The molecule has 0 bridgehead atoms. The zero-order valence-corrected chi connectivity index (χ0v) is 9.05. The number of pyridine rings is 2. The van der Waals surface area contributed by atoms with Gasteiger partial charge in [0.15, 0.2) is 5.78 Å². The largest absolute Gasteiger partial charge is 0.292 e. The summed E-state index contributed by atoms with van der Waals surface area (Å²) in [6.45, 7) is 1.88. The van der Waals surface area contributed by atoms with Crippen molar-refractivity contribution >= 4 is 5.78 Å². The highest BCUT2D eigenvalue weighted by Crippen LogP contribution is 2.05. The molecule has 2 aromatic heterocycles. The maximum atomic E-state index is 11.9. The highest BCUT2D eigenvalue weighted by Gasteiger charge is 2.08. The molecule has 3 nitrogen and oxygen atoms in total. The molecule has 2 aromatic rings. The molecule has 0 aromatic carbocycles. The smallest absolute Gasteiger partial charge is 0.185 e. The van der Waals surface area contributed by atoms with Gasteiger partial charge in [0.2, 0.25) is 0 Å². The van der Waals surface area contributed by atoms with Crippen LogP contribution in [0.4, 0.5) is 0 Å². The van der Waals surface area contributed by atoms with Gasteiger partial charge in [0.1, 0.15) is 5.69 Å². The SMILES string of the molecule is Cc1cccc(C(=O)Cc2cccnc2)n1. The molecule has 2 rings (SSSR count). The molecule has 0 radical (unpaired) electrons. The molecule has 0 N–H and O–H groups in total. The second-order valence-electron chi connectivity index (χ2n) is 3.63. The van der Waals surface area contributed by atoms with Crippen LogP contribution in [0.3, 0.4) is 0 Å². The molecule has 0 saturated heterocycles. The van der Waals surface area contributed by atoms with Crippen molar-refractivity contribution in [2.24, 2.45) is 0 Å². The van der Waals surface area contributed by atoms with Gasteiger partial charge in [-0.25, -0.2) is 0 Å². The number of Topliss-reactive ketones (excluding diaryl/α,β-unsaturated/α-hetero) is 1. The van der Waals surface area contributed by atoms with Crippen LogP contribution in [0.25, 0.3) is 0 Å². The molecule has 80 valence electrons. The van der Waals surface area contributed by atoms with E-state index >= 15 is 0 Å². The van der Waals surface area contributed by atoms with Crippen LogP contribution >= 0.6 is 0 Å². The first-order valence-corrected chi connectivity index (χ1v) is 5.11. The third-order valence-corrected chi connectivity index (χ3v) is 2.26. The molecule has 0 aliphatic rings. The number of carbonyl (C=O) groups excluding carboxylic acids is 1. The van der Waals surface area contributed by atoms with Gasteiger partial charge >= 0.3 is 0 Å². The monoisotopic (exact) mass is 212 g/mol. The number of aryl methyl sites for hydroxylation is 1.